The topological polar surface area (TPSA) is 93.2 Å². The van der Waals surface area contributed by atoms with Gasteiger partial charge in [-0.05, 0) is 13.0 Å². The summed E-state index contributed by atoms with van der Waals surface area (Å²) in [5, 5.41) is 5.48. The zero-order chi connectivity index (χ0) is 15.1. The van der Waals surface area contributed by atoms with Crippen molar-refractivity contribution in [3.05, 3.63) is 12.3 Å². The van der Waals surface area contributed by atoms with Gasteiger partial charge in [-0.15, -0.1) is 0 Å². The molecule has 0 aromatic carbocycles. The number of anilines is 1. The summed E-state index contributed by atoms with van der Waals surface area (Å²) in [5.41, 5.74) is 2.49. The molecule has 3 N–H and O–H groups in total. The molecule has 7 nitrogen and oxygen atoms in total. The van der Waals surface area contributed by atoms with Crippen LogP contribution in [0.2, 0.25) is 0 Å². The number of hydrogen-bond acceptors (Lipinski definition) is 4. The fourth-order valence-electron chi connectivity index (χ4n) is 1.80. The summed E-state index contributed by atoms with van der Waals surface area (Å²) in [5.74, 6) is -1.09. The molecule has 1 aliphatic rings. The van der Waals surface area contributed by atoms with Crippen LogP contribution in [0.15, 0.2) is 12.3 Å². The van der Waals surface area contributed by atoms with E-state index in [0.29, 0.717) is 11.8 Å². The molecule has 10 heteroatoms. The van der Waals surface area contributed by atoms with Gasteiger partial charge >= 0.3 is 12.2 Å². The molecule has 0 spiro atoms. The molecule has 0 saturated carbocycles. The Bertz CT molecular complexity index is 555. The first kappa shape index (κ1) is 14.2. The van der Waals surface area contributed by atoms with Crippen LogP contribution in [0.3, 0.4) is 0 Å². The van der Waals surface area contributed by atoms with Gasteiger partial charge in [0.1, 0.15) is 5.82 Å². The fraction of sp³-hybridized carbons (Fsp3) is 0.500. The van der Waals surface area contributed by atoms with E-state index in [1.54, 1.807) is 5.32 Å². The average Bonchev–Trinajstić information content (AvgIpc) is 2.81. The van der Waals surface area contributed by atoms with Gasteiger partial charge in [0.2, 0.25) is 5.54 Å². The molecule has 1 fully saturated rings. The molecule has 1 saturated heterocycles. The van der Waals surface area contributed by atoms with Crippen LogP contribution in [0.4, 0.5) is 23.8 Å². The van der Waals surface area contributed by atoms with Crippen LogP contribution in [-0.2, 0) is 11.3 Å². The number of nitrogens with two attached hydrogens (primary N) is 1. The molecule has 1 atom stereocenters. The number of alkyl halides is 3. The Kier molecular flexibility index (Phi) is 3.11. The van der Waals surface area contributed by atoms with E-state index in [1.807, 2.05) is 0 Å². The predicted octanol–water partition coefficient (Wildman–Crippen LogP) is 0.338. The van der Waals surface area contributed by atoms with Gasteiger partial charge in [-0.25, -0.2) is 4.79 Å². The van der Waals surface area contributed by atoms with Gasteiger partial charge in [0, 0.05) is 6.20 Å². The number of amides is 3. The summed E-state index contributed by atoms with van der Waals surface area (Å²) >= 11 is 0. The van der Waals surface area contributed by atoms with Crippen LogP contribution in [0.1, 0.15) is 6.92 Å². The van der Waals surface area contributed by atoms with Crippen molar-refractivity contribution < 1.29 is 22.8 Å². The summed E-state index contributed by atoms with van der Waals surface area (Å²) in [7, 11) is 0. The van der Waals surface area contributed by atoms with Crippen LogP contribution < -0.4 is 11.1 Å². The van der Waals surface area contributed by atoms with Gasteiger partial charge < -0.3 is 11.1 Å². The Morgan fingerprint density at radius 1 is 1.40 bits per heavy atom. The van der Waals surface area contributed by atoms with Crippen molar-refractivity contribution in [3.63, 3.8) is 0 Å². The van der Waals surface area contributed by atoms with Gasteiger partial charge in [-0.2, -0.15) is 18.3 Å². The molecule has 3 amide bonds. The van der Waals surface area contributed by atoms with Crippen molar-refractivity contribution in [2.75, 3.05) is 12.3 Å². The molecule has 2 heterocycles. The minimum Gasteiger partial charge on any atom is -0.382 e. The third-order valence-corrected chi connectivity index (χ3v) is 3.06. The number of hydrogen-bond donors (Lipinski definition) is 2. The summed E-state index contributed by atoms with van der Waals surface area (Å²) < 4.78 is 39.8. The second-order valence-corrected chi connectivity index (χ2v) is 4.51. The molecule has 0 aliphatic carbocycles. The van der Waals surface area contributed by atoms with Crippen molar-refractivity contribution in [2.24, 2.45) is 0 Å². The quantitative estimate of drug-likeness (QED) is 0.785. The molecule has 2 rings (SSSR count). The molecule has 0 radical (unpaired) electrons. The normalized spacial score (nSPS) is 23.3. The monoisotopic (exact) mass is 291 g/mol. The highest BCUT2D eigenvalue weighted by atomic mass is 19.4. The van der Waals surface area contributed by atoms with E-state index in [2.05, 4.69) is 5.10 Å². The first-order chi connectivity index (χ1) is 9.15. The Balaban J connectivity index is 2.10. The molecule has 1 aromatic heterocycles. The standard InChI is InChI=1S/C10H12F3N5O2/c1-9(10(11,12)13)7(19)18(8(20)15-9)5-4-17-3-2-6(14)16-17/h2-3H,4-5H2,1H3,(H2,14,16)(H,15,20). The molecular formula is C10H12F3N5O2. The number of nitrogen functional groups attached to an aromatic ring is 1. The van der Waals surface area contributed by atoms with Crippen LogP contribution in [0.25, 0.3) is 0 Å². The number of urea groups is 1. The summed E-state index contributed by atoms with van der Waals surface area (Å²) in [6.07, 6.45) is -3.36. The third-order valence-electron chi connectivity index (χ3n) is 3.06. The fourth-order valence-corrected chi connectivity index (χ4v) is 1.80. The molecule has 1 aliphatic heterocycles. The Morgan fingerprint density at radius 2 is 2.05 bits per heavy atom. The van der Waals surface area contributed by atoms with Crippen LogP contribution in [0, 0.1) is 0 Å². The Hall–Kier alpha value is -2.26. The largest absolute Gasteiger partial charge is 0.420 e. The van der Waals surface area contributed by atoms with Gasteiger partial charge in [0.05, 0.1) is 13.1 Å². The van der Waals surface area contributed by atoms with Crippen LogP contribution in [0.5, 0.6) is 0 Å². The third kappa shape index (κ3) is 2.17. The molecule has 1 aromatic rings. The summed E-state index contributed by atoms with van der Waals surface area (Å²) in [6, 6.07) is 0.418. The number of halogens is 3. The van der Waals surface area contributed by atoms with Crippen molar-refractivity contribution in [1.82, 2.24) is 20.0 Å². The maximum absolute atomic E-state index is 12.8. The number of nitrogens with one attached hydrogen (secondary N) is 1. The molecule has 110 valence electrons. The number of imide groups is 1. The molecular weight excluding hydrogens is 279 g/mol. The van der Waals surface area contributed by atoms with E-state index in [9.17, 15) is 22.8 Å². The molecule has 1 unspecified atom stereocenters. The predicted molar refractivity (Wildman–Crippen MR) is 61.3 cm³/mol. The average molecular weight is 291 g/mol. The van der Waals surface area contributed by atoms with Gasteiger partial charge in [0.15, 0.2) is 0 Å². The lowest BCUT2D eigenvalue weighted by Crippen LogP contribution is -2.56. The first-order valence-corrected chi connectivity index (χ1v) is 5.65. The van der Waals surface area contributed by atoms with E-state index in [4.69, 9.17) is 5.73 Å². The second kappa shape index (κ2) is 4.39. The van der Waals surface area contributed by atoms with Gasteiger partial charge in [-0.3, -0.25) is 14.4 Å². The molecule has 20 heavy (non-hydrogen) atoms. The lowest BCUT2D eigenvalue weighted by Gasteiger charge is -2.24. The van der Waals surface area contributed by atoms with Crippen molar-refractivity contribution in [1.29, 1.82) is 0 Å². The number of aromatic nitrogens is 2. The number of carbonyl (C=O) groups excluding carboxylic acids is 2. The van der Waals surface area contributed by atoms with Crippen molar-refractivity contribution >= 4 is 17.8 Å². The first-order valence-electron chi connectivity index (χ1n) is 5.65. The smallest absolute Gasteiger partial charge is 0.382 e. The van der Waals surface area contributed by atoms with Crippen molar-refractivity contribution in [3.8, 4) is 0 Å². The van der Waals surface area contributed by atoms with Crippen LogP contribution in [-0.4, -0.2) is 44.9 Å². The van der Waals surface area contributed by atoms with Gasteiger partial charge in [-0.1, -0.05) is 0 Å². The van der Waals surface area contributed by atoms with E-state index < -0.39 is 23.7 Å². The van der Waals surface area contributed by atoms with E-state index in [-0.39, 0.29) is 18.9 Å². The van der Waals surface area contributed by atoms with E-state index >= 15 is 0 Å². The number of carbonyl (C=O) groups is 2. The maximum Gasteiger partial charge on any atom is 0.420 e. The van der Waals surface area contributed by atoms with Crippen molar-refractivity contribution in [2.45, 2.75) is 25.2 Å². The highest BCUT2D eigenvalue weighted by Crippen LogP contribution is 2.35. The van der Waals surface area contributed by atoms with Crippen LogP contribution >= 0.6 is 0 Å². The molecule has 0 bridgehead atoms. The highest BCUT2D eigenvalue weighted by molar-refractivity contribution is 6.07. The SMILES string of the molecule is CC1(C(F)(F)F)NC(=O)N(CCn2ccc(N)n2)C1=O. The highest BCUT2D eigenvalue weighted by Gasteiger charge is 2.64. The Morgan fingerprint density at radius 3 is 2.50 bits per heavy atom. The lowest BCUT2D eigenvalue weighted by atomic mass is 10.0. The Labute approximate surface area is 111 Å². The maximum atomic E-state index is 12.8. The summed E-state index contributed by atoms with van der Waals surface area (Å²) in [6.45, 7) is 0.473. The van der Waals surface area contributed by atoms with E-state index in [0.717, 1.165) is 0 Å². The zero-order valence-corrected chi connectivity index (χ0v) is 10.4. The lowest BCUT2D eigenvalue weighted by molar-refractivity contribution is -0.191. The minimum atomic E-state index is -4.86. The van der Waals surface area contributed by atoms with E-state index in [1.165, 1.54) is 16.9 Å². The zero-order valence-electron chi connectivity index (χ0n) is 10.4. The van der Waals surface area contributed by atoms with Gasteiger partial charge in [0.25, 0.3) is 5.91 Å². The minimum absolute atomic E-state index is 0.0598. The summed E-state index contributed by atoms with van der Waals surface area (Å²) in [4.78, 5) is 23.8. The number of nitrogens with zero attached hydrogens (tertiary/aromatic N) is 3. The number of rotatable bonds is 3. The second-order valence-electron chi connectivity index (χ2n) is 4.51.